The highest BCUT2D eigenvalue weighted by atomic mass is 16.5. The third-order valence-electron chi connectivity index (χ3n) is 3.50. The molecular formula is C14H21N3O2. The van der Waals surface area contributed by atoms with Gasteiger partial charge in [-0.25, -0.2) is 0 Å². The first-order valence-corrected chi connectivity index (χ1v) is 6.49. The second-order valence-corrected chi connectivity index (χ2v) is 4.84. The number of nitrogens with one attached hydrogen (secondary N) is 1. The monoisotopic (exact) mass is 263 g/mol. The molecule has 3 N–H and O–H groups in total. The molecule has 0 fully saturated rings. The van der Waals surface area contributed by atoms with Gasteiger partial charge in [-0.2, -0.15) is 0 Å². The van der Waals surface area contributed by atoms with E-state index in [1.54, 1.807) is 7.11 Å². The SMILES string of the molecule is COCCNC(C(N)=O)c1ccc2c(c1)CCN2C. The molecule has 1 amide bonds. The minimum Gasteiger partial charge on any atom is -0.383 e. The van der Waals surface area contributed by atoms with Gasteiger partial charge in [-0.1, -0.05) is 12.1 Å². The summed E-state index contributed by atoms with van der Waals surface area (Å²) in [6, 6.07) is 5.65. The average Bonchev–Trinajstić information content (AvgIpc) is 2.75. The summed E-state index contributed by atoms with van der Waals surface area (Å²) in [5.41, 5.74) is 8.92. The number of primary amides is 1. The number of hydrogen-bond acceptors (Lipinski definition) is 4. The molecule has 19 heavy (non-hydrogen) atoms. The van der Waals surface area contributed by atoms with Crippen molar-refractivity contribution in [2.75, 3.05) is 38.8 Å². The zero-order valence-electron chi connectivity index (χ0n) is 11.5. The number of benzene rings is 1. The minimum atomic E-state index is -0.452. The summed E-state index contributed by atoms with van der Waals surface area (Å²) in [6.45, 7) is 2.18. The summed E-state index contributed by atoms with van der Waals surface area (Å²) < 4.78 is 4.97. The third-order valence-corrected chi connectivity index (χ3v) is 3.50. The molecule has 1 aromatic rings. The molecule has 1 unspecified atom stereocenters. The molecule has 5 heteroatoms. The smallest absolute Gasteiger partial charge is 0.239 e. The van der Waals surface area contributed by atoms with E-state index in [0.717, 1.165) is 18.5 Å². The predicted octanol–water partition coefficient (Wildman–Crippen LogP) is 0.441. The normalized spacial score (nSPS) is 15.4. The van der Waals surface area contributed by atoms with E-state index >= 15 is 0 Å². The van der Waals surface area contributed by atoms with E-state index in [1.807, 2.05) is 6.07 Å². The van der Waals surface area contributed by atoms with Crippen LogP contribution in [0.4, 0.5) is 5.69 Å². The Labute approximate surface area is 113 Å². The van der Waals surface area contributed by atoms with Crippen molar-refractivity contribution in [2.45, 2.75) is 12.5 Å². The summed E-state index contributed by atoms with van der Waals surface area (Å²) >= 11 is 0. The molecule has 1 aromatic carbocycles. The summed E-state index contributed by atoms with van der Waals surface area (Å²) in [5, 5.41) is 3.13. The fourth-order valence-electron chi connectivity index (χ4n) is 2.45. The number of likely N-dealkylation sites (N-methyl/N-ethyl adjacent to an activating group) is 1. The molecule has 1 aliphatic heterocycles. The molecule has 1 aliphatic rings. The average molecular weight is 263 g/mol. The first-order chi connectivity index (χ1) is 9.13. The molecule has 0 radical (unpaired) electrons. The molecule has 0 bridgehead atoms. The van der Waals surface area contributed by atoms with Crippen molar-refractivity contribution in [3.05, 3.63) is 29.3 Å². The Bertz CT molecular complexity index is 462. The van der Waals surface area contributed by atoms with Crippen LogP contribution < -0.4 is 16.0 Å². The minimum absolute atomic E-state index is 0.359. The molecular weight excluding hydrogens is 242 g/mol. The van der Waals surface area contributed by atoms with Crippen molar-refractivity contribution in [1.29, 1.82) is 0 Å². The number of carbonyl (C=O) groups excluding carboxylic acids is 1. The number of fused-ring (bicyclic) bond motifs is 1. The first kappa shape index (κ1) is 13.8. The van der Waals surface area contributed by atoms with Crippen molar-refractivity contribution in [3.8, 4) is 0 Å². The van der Waals surface area contributed by atoms with Crippen molar-refractivity contribution < 1.29 is 9.53 Å². The van der Waals surface area contributed by atoms with Gasteiger partial charge < -0.3 is 15.4 Å². The molecule has 0 spiro atoms. The fourth-order valence-corrected chi connectivity index (χ4v) is 2.45. The second-order valence-electron chi connectivity index (χ2n) is 4.84. The first-order valence-electron chi connectivity index (χ1n) is 6.49. The topological polar surface area (TPSA) is 67.6 Å². The Morgan fingerprint density at radius 1 is 1.58 bits per heavy atom. The Balaban J connectivity index is 2.16. The van der Waals surface area contributed by atoms with Gasteiger partial charge in [0.1, 0.15) is 6.04 Å². The van der Waals surface area contributed by atoms with Gasteiger partial charge in [-0.15, -0.1) is 0 Å². The van der Waals surface area contributed by atoms with E-state index in [4.69, 9.17) is 10.5 Å². The van der Waals surface area contributed by atoms with Gasteiger partial charge in [-0.3, -0.25) is 10.1 Å². The summed E-state index contributed by atoms with van der Waals surface area (Å²) in [7, 11) is 3.71. The van der Waals surface area contributed by atoms with Gasteiger partial charge in [0.15, 0.2) is 0 Å². The van der Waals surface area contributed by atoms with Crippen LogP contribution in [0.15, 0.2) is 18.2 Å². The van der Waals surface area contributed by atoms with Gasteiger partial charge in [0.05, 0.1) is 6.61 Å². The molecule has 0 saturated heterocycles. The molecule has 5 nitrogen and oxygen atoms in total. The van der Waals surface area contributed by atoms with Crippen LogP contribution >= 0.6 is 0 Å². The van der Waals surface area contributed by atoms with E-state index in [-0.39, 0.29) is 5.91 Å². The van der Waals surface area contributed by atoms with Crippen molar-refractivity contribution in [2.24, 2.45) is 5.73 Å². The van der Waals surface area contributed by atoms with Crippen molar-refractivity contribution in [3.63, 3.8) is 0 Å². The number of rotatable bonds is 6. The van der Waals surface area contributed by atoms with Crippen molar-refractivity contribution >= 4 is 11.6 Å². The van der Waals surface area contributed by atoms with Crippen LogP contribution in [0.3, 0.4) is 0 Å². The van der Waals surface area contributed by atoms with Crippen LogP contribution in [0.5, 0.6) is 0 Å². The molecule has 2 rings (SSSR count). The molecule has 1 heterocycles. The van der Waals surface area contributed by atoms with Gasteiger partial charge in [0.2, 0.25) is 5.91 Å². The highest BCUT2D eigenvalue weighted by molar-refractivity contribution is 5.82. The van der Waals surface area contributed by atoms with E-state index in [1.165, 1.54) is 11.3 Å². The maximum atomic E-state index is 11.6. The third kappa shape index (κ3) is 3.05. The number of ether oxygens (including phenoxy) is 1. The lowest BCUT2D eigenvalue weighted by atomic mass is 10.0. The molecule has 0 aromatic heterocycles. The number of amides is 1. The van der Waals surface area contributed by atoms with Crippen LogP contribution in [-0.2, 0) is 16.0 Å². The lowest BCUT2D eigenvalue weighted by Gasteiger charge is -2.17. The fraction of sp³-hybridized carbons (Fsp3) is 0.500. The maximum absolute atomic E-state index is 11.6. The van der Waals surface area contributed by atoms with Crippen LogP contribution in [0.1, 0.15) is 17.2 Å². The number of hydrogen-bond donors (Lipinski definition) is 2. The number of nitrogens with zero attached hydrogens (tertiary/aromatic N) is 1. The van der Waals surface area contributed by atoms with E-state index in [9.17, 15) is 4.79 Å². The quantitative estimate of drug-likeness (QED) is 0.731. The number of carbonyl (C=O) groups is 1. The van der Waals surface area contributed by atoms with E-state index < -0.39 is 6.04 Å². The largest absolute Gasteiger partial charge is 0.383 e. The highest BCUT2D eigenvalue weighted by Crippen LogP contribution is 2.29. The number of anilines is 1. The number of nitrogens with two attached hydrogens (primary N) is 1. The zero-order valence-corrected chi connectivity index (χ0v) is 11.5. The van der Waals surface area contributed by atoms with Gasteiger partial charge >= 0.3 is 0 Å². The molecule has 0 aliphatic carbocycles. The molecule has 1 atom stereocenters. The summed E-state index contributed by atoms with van der Waals surface area (Å²) in [6.07, 6.45) is 1.02. The molecule has 104 valence electrons. The highest BCUT2D eigenvalue weighted by Gasteiger charge is 2.21. The Hall–Kier alpha value is -1.59. The molecule has 0 saturated carbocycles. The van der Waals surface area contributed by atoms with Gasteiger partial charge in [-0.05, 0) is 23.6 Å². The summed E-state index contributed by atoms with van der Waals surface area (Å²) in [4.78, 5) is 13.8. The Kier molecular flexibility index (Phi) is 4.39. The van der Waals surface area contributed by atoms with Gasteiger partial charge in [0.25, 0.3) is 0 Å². The maximum Gasteiger partial charge on any atom is 0.239 e. The predicted molar refractivity (Wildman–Crippen MR) is 75.2 cm³/mol. The van der Waals surface area contributed by atoms with Crippen LogP contribution in [0, 0.1) is 0 Å². The van der Waals surface area contributed by atoms with Crippen LogP contribution in [0.2, 0.25) is 0 Å². The zero-order chi connectivity index (χ0) is 13.8. The Morgan fingerprint density at radius 3 is 3.05 bits per heavy atom. The van der Waals surface area contributed by atoms with Crippen molar-refractivity contribution in [1.82, 2.24) is 5.32 Å². The Morgan fingerprint density at radius 2 is 2.37 bits per heavy atom. The van der Waals surface area contributed by atoms with E-state index in [2.05, 4.69) is 29.4 Å². The van der Waals surface area contributed by atoms with E-state index in [0.29, 0.717) is 13.2 Å². The lowest BCUT2D eigenvalue weighted by Crippen LogP contribution is -2.35. The number of methoxy groups -OCH3 is 1. The van der Waals surface area contributed by atoms with Gasteiger partial charge in [0, 0.05) is 32.9 Å². The van der Waals surface area contributed by atoms with Crippen LogP contribution in [-0.4, -0.2) is 39.8 Å². The lowest BCUT2D eigenvalue weighted by molar-refractivity contribution is -0.120. The van der Waals surface area contributed by atoms with Crippen LogP contribution in [0.25, 0.3) is 0 Å². The summed E-state index contributed by atoms with van der Waals surface area (Å²) in [5.74, 6) is -0.359. The second kappa shape index (κ2) is 6.04. The standard InChI is InChI=1S/C14H21N3O2/c1-17-7-5-10-9-11(3-4-12(10)17)13(14(15)18)16-6-8-19-2/h3-4,9,13,16H,5-8H2,1-2H3,(H2,15,18).